The number of aryl methyl sites for hydroxylation is 1. The number of nitrogens with zero attached hydrogens (tertiary/aromatic N) is 3. The molecule has 0 radical (unpaired) electrons. The smallest absolute Gasteiger partial charge is 0.145 e. The van der Waals surface area contributed by atoms with Gasteiger partial charge >= 0.3 is 0 Å². The van der Waals surface area contributed by atoms with Gasteiger partial charge in [-0.15, -0.1) is 0 Å². The number of hydrogen-bond donors (Lipinski definition) is 3. The van der Waals surface area contributed by atoms with Gasteiger partial charge in [0.2, 0.25) is 0 Å². The van der Waals surface area contributed by atoms with Crippen molar-refractivity contribution in [2.45, 2.75) is 40.0 Å². The number of nitrogens with two attached hydrogens (primary N) is 1. The number of hydrogen-bond acceptors (Lipinski definition) is 6. The van der Waals surface area contributed by atoms with Gasteiger partial charge in [-0.3, -0.25) is 0 Å². The first kappa shape index (κ1) is 16.7. The topological polar surface area (TPSA) is 79.1 Å². The van der Waals surface area contributed by atoms with Crippen LogP contribution >= 0.6 is 0 Å². The van der Waals surface area contributed by atoms with Gasteiger partial charge in [0.15, 0.2) is 0 Å². The maximum atomic E-state index is 5.44. The standard InChI is InChI=1S/C14H28N6/c1-4-8-12-17-13(11-14(18-12)19-15)16-9-7-10-20(5-2)6-3/h11H,4-10,15H2,1-3H3,(H2,16,17,18,19). The Bertz CT molecular complexity index is 378. The zero-order chi connectivity index (χ0) is 14.8. The van der Waals surface area contributed by atoms with Gasteiger partial charge in [-0.25, -0.2) is 15.8 Å². The van der Waals surface area contributed by atoms with Crippen LogP contribution < -0.4 is 16.6 Å². The number of hydrazine groups is 1. The third kappa shape index (κ3) is 5.71. The second kappa shape index (κ2) is 9.50. The molecule has 1 aromatic heterocycles. The van der Waals surface area contributed by atoms with Gasteiger partial charge in [-0.05, 0) is 32.5 Å². The predicted octanol–water partition coefficient (Wildman–Crippen LogP) is 1.86. The molecule has 0 aliphatic carbocycles. The van der Waals surface area contributed by atoms with E-state index in [0.29, 0.717) is 5.82 Å². The van der Waals surface area contributed by atoms with E-state index in [4.69, 9.17) is 5.84 Å². The highest BCUT2D eigenvalue weighted by molar-refractivity contribution is 5.46. The van der Waals surface area contributed by atoms with Gasteiger partial charge < -0.3 is 15.6 Å². The Morgan fingerprint density at radius 3 is 2.45 bits per heavy atom. The molecule has 0 atom stereocenters. The Hall–Kier alpha value is -1.40. The van der Waals surface area contributed by atoms with Crippen LogP contribution in [-0.2, 0) is 6.42 Å². The van der Waals surface area contributed by atoms with E-state index in [9.17, 15) is 0 Å². The Morgan fingerprint density at radius 1 is 1.15 bits per heavy atom. The van der Waals surface area contributed by atoms with Crippen molar-refractivity contribution in [3.8, 4) is 0 Å². The van der Waals surface area contributed by atoms with Crippen molar-refractivity contribution in [3.63, 3.8) is 0 Å². The molecule has 0 aliphatic heterocycles. The highest BCUT2D eigenvalue weighted by Gasteiger charge is 2.04. The van der Waals surface area contributed by atoms with Crippen LogP contribution in [0.2, 0.25) is 0 Å². The molecule has 0 fully saturated rings. The molecule has 0 aromatic carbocycles. The fourth-order valence-electron chi connectivity index (χ4n) is 2.06. The molecule has 114 valence electrons. The van der Waals surface area contributed by atoms with E-state index in [1.165, 1.54) is 0 Å². The van der Waals surface area contributed by atoms with Crippen LogP contribution in [-0.4, -0.2) is 41.0 Å². The summed E-state index contributed by atoms with van der Waals surface area (Å²) in [7, 11) is 0. The molecule has 1 rings (SSSR count). The summed E-state index contributed by atoms with van der Waals surface area (Å²) in [4.78, 5) is 11.2. The fourth-order valence-corrected chi connectivity index (χ4v) is 2.06. The average molecular weight is 280 g/mol. The van der Waals surface area contributed by atoms with Crippen LogP contribution in [0, 0.1) is 0 Å². The van der Waals surface area contributed by atoms with Crippen molar-refractivity contribution in [2.24, 2.45) is 5.84 Å². The first-order valence-electron chi connectivity index (χ1n) is 7.54. The largest absolute Gasteiger partial charge is 0.370 e. The molecule has 4 N–H and O–H groups in total. The lowest BCUT2D eigenvalue weighted by atomic mass is 10.3. The first-order chi connectivity index (χ1) is 9.73. The Labute approximate surface area is 122 Å². The molecular formula is C14H28N6. The van der Waals surface area contributed by atoms with E-state index in [1.807, 2.05) is 6.07 Å². The van der Waals surface area contributed by atoms with Gasteiger partial charge in [0.1, 0.15) is 17.5 Å². The second-order valence-corrected chi connectivity index (χ2v) is 4.76. The molecule has 0 spiro atoms. The Morgan fingerprint density at radius 2 is 1.85 bits per heavy atom. The summed E-state index contributed by atoms with van der Waals surface area (Å²) in [6.45, 7) is 10.7. The number of nitrogens with one attached hydrogen (secondary N) is 2. The first-order valence-corrected chi connectivity index (χ1v) is 7.54. The highest BCUT2D eigenvalue weighted by Crippen LogP contribution is 2.11. The summed E-state index contributed by atoms with van der Waals surface area (Å²) < 4.78 is 0. The van der Waals surface area contributed by atoms with E-state index < -0.39 is 0 Å². The summed E-state index contributed by atoms with van der Waals surface area (Å²) in [6.07, 6.45) is 2.99. The van der Waals surface area contributed by atoms with Gasteiger partial charge in [0.25, 0.3) is 0 Å². The summed E-state index contributed by atoms with van der Waals surface area (Å²) in [5.41, 5.74) is 2.59. The van der Waals surface area contributed by atoms with E-state index in [0.717, 1.165) is 57.1 Å². The fraction of sp³-hybridized carbons (Fsp3) is 0.714. The number of nitrogen functional groups attached to an aromatic ring is 1. The third-order valence-electron chi connectivity index (χ3n) is 3.25. The third-order valence-corrected chi connectivity index (χ3v) is 3.25. The lowest BCUT2D eigenvalue weighted by molar-refractivity contribution is 0.303. The van der Waals surface area contributed by atoms with Crippen LogP contribution in [0.5, 0.6) is 0 Å². The molecule has 0 amide bonds. The second-order valence-electron chi connectivity index (χ2n) is 4.76. The molecule has 0 saturated carbocycles. The zero-order valence-corrected chi connectivity index (χ0v) is 12.9. The van der Waals surface area contributed by atoms with Crippen LogP contribution in [0.3, 0.4) is 0 Å². The Kier molecular flexibility index (Phi) is 7.91. The molecule has 0 bridgehead atoms. The van der Waals surface area contributed by atoms with Crippen molar-refractivity contribution in [2.75, 3.05) is 36.9 Å². The van der Waals surface area contributed by atoms with Crippen LogP contribution in [0.25, 0.3) is 0 Å². The van der Waals surface area contributed by atoms with Gasteiger partial charge in [0.05, 0.1) is 0 Å². The van der Waals surface area contributed by atoms with Crippen molar-refractivity contribution in [3.05, 3.63) is 11.9 Å². The quantitative estimate of drug-likeness (QED) is 0.345. The molecular weight excluding hydrogens is 252 g/mol. The van der Waals surface area contributed by atoms with E-state index in [1.54, 1.807) is 0 Å². The normalized spacial score (nSPS) is 10.8. The molecule has 6 heteroatoms. The molecule has 1 heterocycles. The van der Waals surface area contributed by atoms with Gasteiger partial charge in [-0.1, -0.05) is 20.8 Å². The maximum absolute atomic E-state index is 5.44. The van der Waals surface area contributed by atoms with Crippen LogP contribution in [0.1, 0.15) is 39.4 Å². The summed E-state index contributed by atoms with van der Waals surface area (Å²) in [5, 5.41) is 3.35. The maximum Gasteiger partial charge on any atom is 0.145 e. The lowest BCUT2D eigenvalue weighted by Gasteiger charge is -2.18. The van der Waals surface area contributed by atoms with Crippen molar-refractivity contribution in [1.82, 2.24) is 14.9 Å². The minimum atomic E-state index is 0.662. The van der Waals surface area contributed by atoms with E-state index in [2.05, 4.69) is 46.4 Å². The highest BCUT2D eigenvalue weighted by atomic mass is 15.3. The summed E-state index contributed by atoms with van der Waals surface area (Å²) in [5.74, 6) is 7.77. The minimum Gasteiger partial charge on any atom is -0.370 e. The molecule has 1 aromatic rings. The van der Waals surface area contributed by atoms with E-state index in [-0.39, 0.29) is 0 Å². The van der Waals surface area contributed by atoms with Crippen molar-refractivity contribution >= 4 is 11.6 Å². The number of aromatic nitrogens is 2. The van der Waals surface area contributed by atoms with Crippen LogP contribution in [0.15, 0.2) is 6.07 Å². The Balaban J connectivity index is 2.48. The lowest BCUT2D eigenvalue weighted by Crippen LogP contribution is -2.25. The van der Waals surface area contributed by atoms with Crippen molar-refractivity contribution < 1.29 is 0 Å². The molecule has 0 saturated heterocycles. The SMILES string of the molecule is CCCc1nc(NN)cc(NCCCN(CC)CC)n1. The molecule has 0 aliphatic rings. The number of rotatable bonds is 10. The monoisotopic (exact) mass is 280 g/mol. The van der Waals surface area contributed by atoms with Gasteiger partial charge in [-0.2, -0.15) is 0 Å². The average Bonchev–Trinajstić information content (AvgIpc) is 2.47. The molecule has 0 unspecified atom stereocenters. The van der Waals surface area contributed by atoms with Gasteiger partial charge in [0, 0.05) is 19.0 Å². The minimum absolute atomic E-state index is 0.662. The number of anilines is 2. The zero-order valence-electron chi connectivity index (χ0n) is 12.9. The molecule has 6 nitrogen and oxygen atoms in total. The predicted molar refractivity (Wildman–Crippen MR) is 84.7 cm³/mol. The van der Waals surface area contributed by atoms with Crippen LogP contribution in [0.4, 0.5) is 11.6 Å². The van der Waals surface area contributed by atoms with Crippen molar-refractivity contribution in [1.29, 1.82) is 0 Å². The summed E-state index contributed by atoms with van der Waals surface area (Å²) >= 11 is 0. The molecule has 20 heavy (non-hydrogen) atoms. The van der Waals surface area contributed by atoms with E-state index >= 15 is 0 Å². The summed E-state index contributed by atoms with van der Waals surface area (Å²) in [6, 6.07) is 1.84.